The van der Waals surface area contributed by atoms with Crippen molar-refractivity contribution in [1.82, 2.24) is 9.88 Å². The third-order valence-electron chi connectivity index (χ3n) is 2.98. The van der Waals surface area contributed by atoms with Gasteiger partial charge in [-0.3, -0.25) is 4.98 Å². The van der Waals surface area contributed by atoms with Crippen LogP contribution in [-0.4, -0.2) is 35.5 Å². The number of hydrogen-bond donors (Lipinski definition) is 0. The molecule has 0 aliphatic heterocycles. The van der Waals surface area contributed by atoms with Gasteiger partial charge in [-0.1, -0.05) is 24.3 Å². The van der Waals surface area contributed by atoms with Crippen LogP contribution in [0.2, 0.25) is 0 Å². The molecule has 1 aromatic heterocycles. The number of hydrogen-bond acceptors (Lipinski definition) is 3. The number of nitrogens with zero attached hydrogens (tertiary/aromatic N) is 2. The van der Waals surface area contributed by atoms with E-state index < -0.39 is 0 Å². The van der Waals surface area contributed by atoms with Crippen LogP contribution in [0.25, 0.3) is 10.9 Å². The minimum absolute atomic E-state index is 0.930. The molecule has 0 saturated carbocycles. The van der Waals surface area contributed by atoms with E-state index in [1.54, 1.807) is 0 Å². The Hall–Kier alpha value is -1.06. The molecule has 1 aromatic carbocycles. The highest BCUT2D eigenvalue weighted by Crippen LogP contribution is 2.12. The first kappa shape index (κ1) is 13.4. The number of rotatable bonds is 6. The van der Waals surface area contributed by atoms with Gasteiger partial charge in [0.1, 0.15) is 0 Å². The summed E-state index contributed by atoms with van der Waals surface area (Å²) < 4.78 is 0. The summed E-state index contributed by atoms with van der Waals surface area (Å²) in [5.41, 5.74) is 2.24. The van der Waals surface area contributed by atoms with Gasteiger partial charge in [0, 0.05) is 11.9 Å². The fraction of sp³-hybridized carbons (Fsp3) is 0.400. The second-order valence-corrected chi connectivity index (χ2v) is 5.57. The van der Waals surface area contributed by atoms with Gasteiger partial charge in [-0.15, -0.1) is 0 Å². The predicted octanol–water partition coefficient (Wildman–Crippen LogP) is 3.42. The monoisotopic (exact) mass is 260 g/mol. The number of pyridine rings is 1. The van der Waals surface area contributed by atoms with Crippen molar-refractivity contribution < 1.29 is 0 Å². The number of fused-ring (bicyclic) bond motifs is 1. The van der Waals surface area contributed by atoms with Crippen LogP contribution < -0.4 is 0 Å². The van der Waals surface area contributed by atoms with Crippen LogP contribution in [0.15, 0.2) is 36.4 Å². The maximum atomic E-state index is 4.70. The van der Waals surface area contributed by atoms with E-state index in [1.807, 2.05) is 17.8 Å². The largest absolute Gasteiger partial charge is 0.301 e. The number of para-hydroxylation sites is 1. The average Bonchev–Trinajstić information content (AvgIpc) is 2.39. The normalized spacial score (nSPS) is 11.3. The standard InChI is InChI=1S/C15H20N2S/c1-17(10-5-11-18-2)12-14-9-8-13-6-3-4-7-15(13)16-14/h3-4,6-9H,5,10-12H2,1-2H3. The topological polar surface area (TPSA) is 16.1 Å². The van der Waals surface area contributed by atoms with E-state index in [0.29, 0.717) is 0 Å². The fourth-order valence-corrected chi connectivity index (χ4v) is 2.45. The highest BCUT2D eigenvalue weighted by atomic mass is 32.2. The number of benzene rings is 1. The highest BCUT2D eigenvalue weighted by molar-refractivity contribution is 7.98. The molecule has 0 spiro atoms. The molecule has 0 radical (unpaired) electrons. The smallest absolute Gasteiger partial charge is 0.0705 e. The van der Waals surface area contributed by atoms with E-state index in [2.05, 4.69) is 48.5 Å². The molecule has 96 valence electrons. The Morgan fingerprint density at radius 1 is 1.17 bits per heavy atom. The van der Waals surface area contributed by atoms with Gasteiger partial charge in [0.05, 0.1) is 11.2 Å². The zero-order valence-corrected chi connectivity index (χ0v) is 11.9. The maximum Gasteiger partial charge on any atom is 0.0705 e. The molecule has 1 heterocycles. The molecule has 18 heavy (non-hydrogen) atoms. The summed E-state index contributed by atoms with van der Waals surface area (Å²) in [7, 11) is 2.16. The maximum absolute atomic E-state index is 4.70. The summed E-state index contributed by atoms with van der Waals surface area (Å²) in [6.45, 7) is 2.06. The summed E-state index contributed by atoms with van der Waals surface area (Å²) in [4.78, 5) is 7.04. The number of thioether (sulfide) groups is 1. The van der Waals surface area contributed by atoms with Crippen molar-refractivity contribution in [2.24, 2.45) is 0 Å². The first-order chi connectivity index (χ1) is 8.79. The van der Waals surface area contributed by atoms with E-state index in [1.165, 1.54) is 17.6 Å². The molecule has 2 nitrogen and oxygen atoms in total. The molecule has 3 heteroatoms. The van der Waals surface area contributed by atoms with Crippen molar-refractivity contribution in [3.05, 3.63) is 42.1 Å². The van der Waals surface area contributed by atoms with Crippen molar-refractivity contribution in [2.75, 3.05) is 25.6 Å². The second-order valence-electron chi connectivity index (χ2n) is 4.58. The number of aromatic nitrogens is 1. The van der Waals surface area contributed by atoms with Gasteiger partial charge in [0.25, 0.3) is 0 Å². The molecule has 0 atom stereocenters. The van der Waals surface area contributed by atoms with Gasteiger partial charge in [-0.25, -0.2) is 0 Å². The Bertz CT molecular complexity index is 499. The molecule has 0 aliphatic rings. The molecule has 0 fully saturated rings. The van der Waals surface area contributed by atoms with Crippen molar-refractivity contribution >= 4 is 22.7 Å². The summed E-state index contributed by atoms with van der Waals surface area (Å²) in [6, 6.07) is 12.6. The molecule has 0 bridgehead atoms. The summed E-state index contributed by atoms with van der Waals surface area (Å²) in [5, 5.41) is 1.21. The molecule has 2 rings (SSSR count). The van der Waals surface area contributed by atoms with E-state index in [0.717, 1.165) is 24.3 Å². The molecule has 0 N–H and O–H groups in total. The first-order valence-corrected chi connectivity index (χ1v) is 7.71. The summed E-state index contributed by atoms with van der Waals surface area (Å²) >= 11 is 1.91. The lowest BCUT2D eigenvalue weighted by Gasteiger charge is -2.15. The van der Waals surface area contributed by atoms with Crippen molar-refractivity contribution in [3.63, 3.8) is 0 Å². The SMILES string of the molecule is CSCCCN(C)Cc1ccc2ccccc2n1. The zero-order valence-electron chi connectivity index (χ0n) is 11.1. The molecule has 0 aliphatic carbocycles. The minimum Gasteiger partial charge on any atom is -0.301 e. The Labute approximate surface area is 113 Å². The predicted molar refractivity (Wildman–Crippen MR) is 81.1 cm³/mol. The average molecular weight is 260 g/mol. The van der Waals surface area contributed by atoms with Crippen molar-refractivity contribution in [1.29, 1.82) is 0 Å². The third-order valence-corrected chi connectivity index (χ3v) is 3.67. The van der Waals surface area contributed by atoms with Crippen LogP contribution in [0.3, 0.4) is 0 Å². The molecular formula is C15H20N2S. The van der Waals surface area contributed by atoms with Crippen LogP contribution in [0.1, 0.15) is 12.1 Å². The van der Waals surface area contributed by atoms with Gasteiger partial charge in [0.15, 0.2) is 0 Å². The molecule has 0 saturated heterocycles. The Morgan fingerprint density at radius 3 is 2.83 bits per heavy atom. The van der Waals surface area contributed by atoms with Gasteiger partial charge < -0.3 is 4.90 Å². The Balaban J connectivity index is 1.98. The van der Waals surface area contributed by atoms with Crippen molar-refractivity contribution in [3.8, 4) is 0 Å². The van der Waals surface area contributed by atoms with Crippen LogP contribution in [0, 0.1) is 0 Å². The lowest BCUT2D eigenvalue weighted by molar-refractivity contribution is 0.325. The second kappa shape index (κ2) is 6.76. The molecule has 0 amide bonds. The molecule has 0 unspecified atom stereocenters. The lowest BCUT2D eigenvalue weighted by Crippen LogP contribution is -2.20. The van der Waals surface area contributed by atoms with E-state index >= 15 is 0 Å². The highest BCUT2D eigenvalue weighted by Gasteiger charge is 2.02. The molecular weight excluding hydrogens is 240 g/mol. The lowest BCUT2D eigenvalue weighted by atomic mass is 10.2. The van der Waals surface area contributed by atoms with Gasteiger partial charge in [0.2, 0.25) is 0 Å². The third kappa shape index (κ3) is 3.72. The first-order valence-electron chi connectivity index (χ1n) is 6.32. The quantitative estimate of drug-likeness (QED) is 0.740. The minimum atomic E-state index is 0.930. The van der Waals surface area contributed by atoms with Crippen LogP contribution in [-0.2, 0) is 6.54 Å². The summed E-state index contributed by atoms with van der Waals surface area (Å²) in [5.74, 6) is 1.23. The Morgan fingerprint density at radius 2 is 2.00 bits per heavy atom. The molecule has 2 aromatic rings. The van der Waals surface area contributed by atoms with Gasteiger partial charge in [-0.05, 0) is 44.2 Å². The zero-order chi connectivity index (χ0) is 12.8. The van der Waals surface area contributed by atoms with Gasteiger partial charge >= 0.3 is 0 Å². The van der Waals surface area contributed by atoms with Crippen molar-refractivity contribution in [2.45, 2.75) is 13.0 Å². The van der Waals surface area contributed by atoms with E-state index in [9.17, 15) is 0 Å². The van der Waals surface area contributed by atoms with E-state index in [-0.39, 0.29) is 0 Å². The summed E-state index contributed by atoms with van der Waals surface area (Å²) in [6.07, 6.45) is 3.40. The van der Waals surface area contributed by atoms with Crippen LogP contribution in [0.4, 0.5) is 0 Å². The van der Waals surface area contributed by atoms with Gasteiger partial charge in [-0.2, -0.15) is 11.8 Å². The van der Waals surface area contributed by atoms with Crippen LogP contribution in [0.5, 0.6) is 0 Å². The fourth-order valence-electron chi connectivity index (χ4n) is 2.03. The Kier molecular flexibility index (Phi) is 5.02. The van der Waals surface area contributed by atoms with Crippen LogP contribution >= 0.6 is 11.8 Å². The van der Waals surface area contributed by atoms with E-state index in [4.69, 9.17) is 4.98 Å².